The Balaban J connectivity index is 1.31. The fourth-order valence-corrected chi connectivity index (χ4v) is 4.90. The summed E-state index contributed by atoms with van der Waals surface area (Å²) in [6.45, 7) is 10.0. The summed E-state index contributed by atoms with van der Waals surface area (Å²) in [6, 6.07) is 16.8. The number of rotatable bonds is 6. The minimum atomic E-state index is -0.0187. The zero-order chi connectivity index (χ0) is 21.6. The molecule has 4 rings (SSSR count). The van der Waals surface area contributed by atoms with Crippen LogP contribution in [0.2, 0.25) is 0 Å². The summed E-state index contributed by atoms with van der Waals surface area (Å²) in [7, 11) is 0. The van der Waals surface area contributed by atoms with Crippen molar-refractivity contribution < 1.29 is 4.79 Å². The molecular weight excluding hydrogens is 382 g/mol. The smallest absolute Gasteiger partial charge is 0.251 e. The fourth-order valence-electron chi connectivity index (χ4n) is 4.90. The largest absolute Gasteiger partial charge is 0.371 e. The summed E-state index contributed by atoms with van der Waals surface area (Å²) >= 11 is 0. The van der Waals surface area contributed by atoms with Gasteiger partial charge in [0.05, 0.1) is 6.04 Å². The molecule has 1 N–H and O–H groups in total. The van der Waals surface area contributed by atoms with Crippen molar-refractivity contribution in [1.29, 1.82) is 0 Å². The Hall–Kier alpha value is -2.33. The Labute approximate surface area is 187 Å². The summed E-state index contributed by atoms with van der Waals surface area (Å²) in [5, 5.41) is 3.16. The number of benzene rings is 2. The van der Waals surface area contributed by atoms with Crippen molar-refractivity contribution in [3.8, 4) is 0 Å². The van der Waals surface area contributed by atoms with Gasteiger partial charge in [-0.3, -0.25) is 9.69 Å². The molecule has 0 radical (unpaired) electrons. The van der Waals surface area contributed by atoms with E-state index in [0.29, 0.717) is 0 Å². The van der Waals surface area contributed by atoms with Crippen molar-refractivity contribution in [2.24, 2.45) is 5.92 Å². The standard InChI is InChI=1S/C27H37N3O/c1-21-7-6-18-30(19-21)26-14-12-24(13-15-26)22(2)28-27(31)25-10-8-23(9-11-25)20-29-16-4-3-5-17-29/h8-15,21-22H,3-7,16-20H2,1-2H3,(H,28,31)/t21-,22-/m1/s1. The number of nitrogens with one attached hydrogen (secondary N) is 1. The number of carbonyl (C=O) groups excluding carboxylic acids is 1. The Morgan fingerprint density at radius 1 is 0.968 bits per heavy atom. The van der Waals surface area contributed by atoms with Gasteiger partial charge in [0.1, 0.15) is 0 Å². The molecule has 0 saturated carbocycles. The lowest BCUT2D eigenvalue weighted by Gasteiger charge is -2.33. The summed E-state index contributed by atoms with van der Waals surface area (Å²) in [5.41, 5.74) is 4.45. The van der Waals surface area contributed by atoms with E-state index >= 15 is 0 Å². The number of hydrogen-bond acceptors (Lipinski definition) is 3. The second-order valence-corrected chi connectivity index (χ2v) is 9.51. The summed E-state index contributed by atoms with van der Waals surface area (Å²) in [6.07, 6.45) is 6.56. The van der Waals surface area contributed by atoms with Gasteiger partial charge in [0.2, 0.25) is 0 Å². The predicted octanol–water partition coefficient (Wildman–Crippen LogP) is 5.40. The van der Waals surface area contributed by atoms with Gasteiger partial charge < -0.3 is 10.2 Å². The molecule has 0 unspecified atom stereocenters. The second-order valence-electron chi connectivity index (χ2n) is 9.51. The van der Waals surface area contributed by atoms with E-state index in [-0.39, 0.29) is 11.9 Å². The highest BCUT2D eigenvalue weighted by atomic mass is 16.1. The molecule has 2 saturated heterocycles. The highest BCUT2D eigenvalue weighted by molar-refractivity contribution is 5.94. The Kier molecular flexibility index (Phi) is 7.29. The molecule has 2 aromatic carbocycles. The predicted molar refractivity (Wildman–Crippen MR) is 129 cm³/mol. The Morgan fingerprint density at radius 3 is 2.35 bits per heavy atom. The van der Waals surface area contributed by atoms with Crippen LogP contribution in [0.5, 0.6) is 0 Å². The van der Waals surface area contributed by atoms with Gasteiger partial charge in [0.15, 0.2) is 0 Å². The quantitative estimate of drug-likeness (QED) is 0.681. The minimum absolute atomic E-state index is 0.00838. The van der Waals surface area contributed by atoms with Gasteiger partial charge >= 0.3 is 0 Å². The van der Waals surface area contributed by atoms with Crippen molar-refractivity contribution in [1.82, 2.24) is 10.2 Å². The molecule has 2 heterocycles. The first kappa shape index (κ1) is 21.9. The Morgan fingerprint density at radius 2 is 1.68 bits per heavy atom. The monoisotopic (exact) mass is 419 g/mol. The molecule has 4 heteroatoms. The van der Waals surface area contributed by atoms with Crippen molar-refractivity contribution in [2.75, 3.05) is 31.1 Å². The number of anilines is 1. The van der Waals surface area contributed by atoms with Crippen LogP contribution in [0.3, 0.4) is 0 Å². The molecule has 0 bridgehead atoms. The molecule has 2 atom stereocenters. The van der Waals surface area contributed by atoms with Crippen molar-refractivity contribution in [3.05, 3.63) is 65.2 Å². The molecule has 166 valence electrons. The SMILES string of the molecule is C[C@@H]1CCCN(c2ccc([C@@H](C)NC(=O)c3ccc(CN4CCCCC4)cc3)cc2)C1. The van der Waals surface area contributed by atoms with E-state index in [1.54, 1.807) is 0 Å². The van der Waals surface area contributed by atoms with Crippen LogP contribution in [0.25, 0.3) is 0 Å². The summed E-state index contributed by atoms with van der Waals surface area (Å²) in [4.78, 5) is 17.7. The first-order chi connectivity index (χ1) is 15.1. The van der Waals surface area contributed by atoms with E-state index in [2.05, 4.69) is 65.4 Å². The second kappa shape index (κ2) is 10.3. The molecule has 0 spiro atoms. The van der Waals surface area contributed by atoms with Gasteiger partial charge in [-0.2, -0.15) is 0 Å². The van der Waals surface area contributed by atoms with E-state index in [4.69, 9.17) is 0 Å². The zero-order valence-corrected chi connectivity index (χ0v) is 19.1. The van der Waals surface area contributed by atoms with Crippen molar-refractivity contribution >= 4 is 11.6 Å². The van der Waals surface area contributed by atoms with Crippen LogP contribution in [0.1, 0.15) is 73.5 Å². The number of nitrogens with zero attached hydrogens (tertiary/aromatic N) is 2. The van der Waals surface area contributed by atoms with Crippen LogP contribution in [0.15, 0.2) is 48.5 Å². The van der Waals surface area contributed by atoms with E-state index in [1.165, 1.54) is 56.4 Å². The average Bonchev–Trinajstić information content (AvgIpc) is 2.80. The van der Waals surface area contributed by atoms with Gasteiger partial charge in [-0.25, -0.2) is 0 Å². The third kappa shape index (κ3) is 5.88. The third-order valence-corrected chi connectivity index (χ3v) is 6.83. The van der Waals surface area contributed by atoms with Gasteiger partial charge in [-0.15, -0.1) is 0 Å². The van der Waals surface area contributed by atoms with Crippen LogP contribution in [0.4, 0.5) is 5.69 Å². The number of carbonyl (C=O) groups is 1. The summed E-state index contributed by atoms with van der Waals surface area (Å²) < 4.78 is 0. The molecule has 2 aromatic rings. The lowest BCUT2D eigenvalue weighted by atomic mass is 9.99. The average molecular weight is 420 g/mol. The maximum Gasteiger partial charge on any atom is 0.251 e. The molecule has 2 fully saturated rings. The van der Waals surface area contributed by atoms with Crippen LogP contribution in [0, 0.1) is 5.92 Å². The highest BCUT2D eigenvalue weighted by Gasteiger charge is 2.17. The van der Waals surface area contributed by atoms with E-state index in [9.17, 15) is 4.79 Å². The van der Waals surface area contributed by atoms with Gasteiger partial charge in [-0.05, 0) is 87.0 Å². The zero-order valence-electron chi connectivity index (χ0n) is 19.1. The van der Waals surface area contributed by atoms with Crippen LogP contribution in [-0.2, 0) is 6.54 Å². The third-order valence-electron chi connectivity index (χ3n) is 6.83. The number of hydrogen-bond donors (Lipinski definition) is 1. The first-order valence-corrected chi connectivity index (χ1v) is 12.1. The number of amides is 1. The lowest BCUT2D eigenvalue weighted by molar-refractivity contribution is 0.0940. The molecule has 1 amide bonds. The normalized spacial score (nSPS) is 21.0. The van der Waals surface area contributed by atoms with Crippen LogP contribution >= 0.6 is 0 Å². The molecule has 4 nitrogen and oxygen atoms in total. The maximum absolute atomic E-state index is 12.8. The van der Waals surface area contributed by atoms with E-state index in [0.717, 1.165) is 36.7 Å². The van der Waals surface area contributed by atoms with Gasteiger partial charge in [-0.1, -0.05) is 37.6 Å². The molecule has 2 aliphatic heterocycles. The van der Waals surface area contributed by atoms with Gasteiger partial charge in [0.25, 0.3) is 5.91 Å². The van der Waals surface area contributed by atoms with Crippen molar-refractivity contribution in [2.45, 2.75) is 58.5 Å². The fraction of sp³-hybridized carbons (Fsp3) is 0.519. The van der Waals surface area contributed by atoms with Crippen LogP contribution < -0.4 is 10.2 Å². The number of piperidine rings is 2. The minimum Gasteiger partial charge on any atom is -0.371 e. The van der Waals surface area contributed by atoms with Gasteiger partial charge in [0, 0.05) is 30.9 Å². The molecule has 0 aliphatic carbocycles. The molecule has 0 aromatic heterocycles. The summed E-state index contributed by atoms with van der Waals surface area (Å²) in [5.74, 6) is 0.754. The Bertz CT molecular complexity index is 840. The highest BCUT2D eigenvalue weighted by Crippen LogP contribution is 2.25. The maximum atomic E-state index is 12.8. The molecule has 2 aliphatic rings. The van der Waals surface area contributed by atoms with E-state index in [1.807, 2.05) is 12.1 Å². The van der Waals surface area contributed by atoms with E-state index < -0.39 is 0 Å². The molecule has 31 heavy (non-hydrogen) atoms. The number of likely N-dealkylation sites (tertiary alicyclic amines) is 1. The molecular formula is C27H37N3O. The lowest BCUT2D eigenvalue weighted by Crippen LogP contribution is -2.34. The topological polar surface area (TPSA) is 35.6 Å². The van der Waals surface area contributed by atoms with Crippen LogP contribution in [-0.4, -0.2) is 37.0 Å². The first-order valence-electron chi connectivity index (χ1n) is 12.1. The van der Waals surface area contributed by atoms with Crippen molar-refractivity contribution in [3.63, 3.8) is 0 Å².